The molecule has 0 radical (unpaired) electrons. The quantitative estimate of drug-likeness (QED) is 0.700. The molecule has 16 heavy (non-hydrogen) atoms. The molecular weight excluding hydrogens is 224 g/mol. The van der Waals surface area contributed by atoms with Gasteiger partial charge in [0, 0.05) is 18.1 Å². The molecule has 3 rings (SSSR count). The van der Waals surface area contributed by atoms with Crippen molar-refractivity contribution in [3.8, 4) is 11.5 Å². The highest BCUT2D eigenvalue weighted by atomic mass is 32.1. The van der Waals surface area contributed by atoms with Crippen molar-refractivity contribution in [2.24, 2.45) is 7.05 Å². The Morgan fingerprint density at radius 2 is 2.31 bits per heavy atom. The number of aryl methyl sites for hydroxylation is 1. The third-order valence-electron chi connectivity index (χ3n) is 2.65. The van der Waals surface area contributed by atoms with Crippen molar-refractivity contribution in [2.45, 2.75) is 6.92 Å². The van der Waals surface area contributed by atoms with Gasteiger partial charge in [0.15, 0.2) is 5.58 Å². The third kappa shape index (κ3) is 1.16. The molecule has 3 aromatic rings. The van der Waals surface area contributed by atoms with Crippen LogP contribution in [0.2, 0.25) is 0 Å². The smallest absolute Gasteiger partial charge is 0.230 e. The van der Waals surface area contributed by atoms with Crippen LogP contribution in [0.3, 0.4) is 0 Å². The van der Waals surface area contributed by atoms with Crippen molar-refractivity contribution in [1.82, 2.24) is 14.8 Å². The fourth-order valence-electron chi connectivity index (χ4n) is 1.59. The second-order valence-corrected chi connectivity index (χ2v) is 4.51. The maximum absolute atomic E-state index is 5.79. The van der Waals surface area contributed by atoms with E-state index in [4.69, 9.17) is 10.2 Å². The van der Waals surface area contributed by atoms with Crippen LogP contribution in [0.4, 0.5) is 5.00 Å². The number of fused-ring (bicyclic) bond motifs is 1. The standard InChI is InChI=1S/C10H10N4OS/c1-5-6(3-12-14(5)2)10-13-8-7(15-10)4-16-9(8)11/h3-4H,11H2,1-2H3. The van der Waals surface area contributed by atoms with Crippen molar-refractivity contribution in [2.75, 3.05) is 5.73 Å². The second kappa shape index (κ2) is 3.08. The Labute approximate surface area is 95.5 Å². The van der Waals surface area contributed by atoms with Gasteiger partial charge in [-0.1, -0.05) is 0 Å². The van der Waals surface area contributed by atoms with Gasteiger partial charge in [0.25, 0.3) is 0 Å². The lowest BCUT2D eigenvalue weighted by Gasteiger charge is -1.94. The molecule has 0 aromatic carbocycles. The molecule has 0 aliphatic rings. The molecular formula is C10H10N4OS. The van der Waals surface area contributed by atoms with Gasteiger partial charge < -0.3 is 10.2 Å². The summed E-state index contributed by atoms with van der Waals surface area (Å²) in [5.74, 6) is 0.579. The normalized spacial score (nSPS) is 11.4. The van der Waals surface area contributed by atoms with E-state index >= 15 is 0 Å². The summed E-state index contributed by atoms with van der Waals surface area (Å²) in [5.41, 5.74) is 9.19. The molecule has 0 amide bonds. The van der Waals surface area contributed by atoms with E-state index in [1.54, 1.807) is 10.9 Å². The van der Waals surface area contributed by atoms with Crippen LogP contribution in [-0.4, -0.2) is 14.8 Å². The summed E-state index contributed by atoms with van der Waals surface area (Å²) in [6, 6.07) is 0. The van der Waals surface area contributed by atoms with E-state index < -0.39 is 0 Å². The number of rotatable bonds is 1. The molecule has 3 aromatic heterocycles. The minimum absolute atomic E-state index is 0.579. The van der Waals surface area contributed by atoms with Gasteiger partial charge >= 0.3 is 0 Å². The van der Waals surface area contributed by atoms with Gasteiger partial charge in [0.2, 0.25) is 5.89 Å². The van der Waals surface area contributed by atoms with Crippen LogP contribution in [0, 0.1) is 6.92 Å². The summed E-state index contributed by atoms with van der Waals surface area (Å²) < 4.78 is 7.42. The fraction of sp³-hybridized carbons (Fsp3) is 0.200. The van der Waals surface area contributed by atoms with Crippen LogP contribution in [0.25, 0.3) is 22.6 Å². The van der Waals surface area contributed by atoms with Crippen molar-refractivity contribution < 1.29 is 4.42 Å². The summed E-state index contributed by atoms with van der Waals surface area (Å²) >= 11 is 1.44. The minimum Gasteiger partial charge on any atom is -0.435 e. The van der Waals surface area contributed by atoms with Crippen LogP contribution in [0.5, 0.6) is 0 Å². The average molecular weight is 234 g/mol. The van der Waals surface area contributed by atoms with Crippen LogP contribution in [-0.2, 0) is 7.05 Å². The van der Waals surface area contributed by atoms with Crippen LogP contribution >= 0.6 is 11.3 Å². The minimum atomic E-state index is 0.579. The maximum atomic E-state index is 5.79. The lowest BCUT2D eigenvalue weighted by atomic mass is 10.2. The predicted molar refractivity (Wildman–Crippen MR) is 63.2 cm³/mol. The van der Waals surface area contributed by atoms with E-state index in [0.717, 1.165) is 22.4 Å². The number of nitrogen functional groups attached to an aromatic ring is 1. The Bertz CT molecular complexity index is 664. The molecule has 82 valence electrons. The highest BCUT2D eigenvalue weighted by molar-refractivity contribution is 7.15. The van der Waals surface area contributed by atoms with E-state index in [9.17, 15) is 0 Å². The topological polar surface area (TPSA) is 69.9 Å². The summed E-state index contributed by atoms with van der Waals surface area (Å²) in [6.07, 6.45) is 1.75. The Kier molecular flexibility index (Phi) is 1.81. The maximum Gasteiger partial charge on any atom is 0.230 e. The van der Waals surface area contributed by atoms with E-state index in [2.05, 4.69) is 10.1 Å². The molecule has 0 aliphatic heterocycles. The van der Waals surface area contributed by atoms with Gasteiger partial charge in [-0.25, -0.2) is 4.98 Å². The van der Waals surface area contributed by atoms with Gasteiger partial charge in [-0.2, -0.15) is 5.10 Å². The lowest BCUT2D eigenvalue weighted by molar-refractivity contribution is 0.619. The first-order chi connectivity index (χ1) is 7.66. The molecule has 3 heterocycles. The average Bonchev–Trinajstić information content (AvgIpc) is 2.88. The highest BCUT2D eigenvalue weighted by Crippen LogP contribution is 2.32. The molecule has 0 saturated heterocycles. The number of oxazole rings is 1. The first kappa shape index (κ1) is 9.41. The van der Waals surface area contributed by atoms with Crippen molar-refractivity contribution in [3.63, 3.8) is 0 Å². The molecule has 0 unspecified atom stereocenters. The molecule has 0 bridgehead atoms. The third-order valence-corrected chi connectivity index (χ3v) is 3.42. The zero-order valence-corrected chi connectivity index (χ0v) is 9.71. The van der Waals surface area contributed by atoms with Crippen LogP contribution in [0.1, 0.15) is 5.69 Å². The van der Waals surface area contributed by atoms with Gasteiger partial charge in [0.1, 0.15) is 10.5 Å². The Balaban J connectivity index is 2.22. The predicted octanol–water partition coefficient (Wildman–Crippen LogP) is 2.18. The first-order valence-electron chi connectivity index (χ1n) is 4.79. The molecule has 0 aliphatic carbocycles. The fourth-order valence-corrected chi connectivity index (χ4v) is 2.24. The molecule has 5 nitrogen and oxygen atoms in total. The van der Waals surface area contributed by atoms with E-state index in [-0.39, 0.29) is 0 Å². The Morgan fingerprint density at radius 1 is 1.50 bits per heavy atom. The van der Waals surface area contributed by atoms with Crippen LogP contribution < -0.4 is 5.73 Å². The number of hydrogen-bond donors (Lipinski definition) is 1. The zero-order valence-electron chi connectivity index (χ0n) is 8.89. The van der Waals surface area contributed by atoms with E-state index in [1.807, 2.05) is 19.4 Å². The molecule has 0 atom stereocenters. The number of nitrogens with zero attached hydrogens (tertiary/aromatic N) is 3. The monoisotopic (exact) mass is 234 g/mol. The number of nitrogens with two attached hydrogens (primary N) is 1. The van der Waals surface area contributed by atoms with E-state index in [0.29, 0.717) is 10.9 Å². The molecule has 2 N–H and O–H groups in total. The Morgan fingerprint density at radius 3 is 2.94 bits per heavy atom. The number of aromatic nitrogens is 3. The second-order valence-electron chi connectivity index (χ2n) is 3.60. The van der Waals surface area contributed by atoms with Crippen molar-refractivity contribution in [3.05, 3.63) is 17.3 Å². The summed E-state index contributed by atoms with van der Waals surface area (Å²) in [7, 11) is 1.89. The number of anilines is 1. The molecule has 0 saturated carbocycles. The zero-order chi connectivity index (χ0) is 11.3. The first-order valence-corrected chi connectivity index (χ1v) is 5.67. The van der Waals surface area contributed by atoms with Gasteiger partial charge in [-0.3, -0.25) is 4.68 Å². The largest absolute Gasteiger partial charge is 0.435 e. The van der Waals surface area contributed by atoms with Crippen molar-refractivity contribution in [1.29, 1.82) is 0 Å². The summed E-state index contributed by atoms with van der Waals surface area (Å²) in [5, 5.41) is 6.71. The summed E-state index contributed by atoms with van der Waals surface area (Å²) in [4.78, 5) is 4.38. The van der Waals surface area contributed by atoms with E-state index in [1.165, 1.54) is 11.3 Å². The van der Waals surface area contributed by atoms with Gasteiger partial charge in [-0.15, -0.1) is 11.3 Å². The number of hydrogen-bond acceptors (Lipinski definition) is 5. The van der Waals surface area contributed by atoms with Crippen molar-refractivity contribution >= 4 is 27.4 Å². The lowest BCUT2D eigenvalue weighted by Crippen LogP contribution is -1.92. The van der Waals surface area contributed by atoms with Gasteiger partial charge in [0.05, 0.1) is 11.8 Å². The number of thiophene rings is 1. The van der Waals surface area contributed by atoms with Crippen LogP contribution in [0.15, 0.2) is 16.0 Å². The highest BCUT2D eigenvalue weighted by Gasteiger charge is 2.15. The summed E-state index contributed by atoms with van der Waals surface area (Å²) in [6.45, 7) is 1.98. The SMILES string of the molecule is Cc1c(-c2nc3c(N)scc3o2)cnn1C. The molecule has 0 spiro atoms. The molecule has 6 heteroatoms. The van der Waals surface area contributed by atoms with Gasteiger partial charge in [-0.05, 0) is 6.92 Å². The Hall–Kier alpha value is -1.82. The molecule has 0 fully saturated rings.